The summed E-state index contributed by atoms with van der Waals surface area (Å²) in [5.74, 6) is 1.19. The Balaban J connectivity index is 2.77. The van der Waals surface area contributed by atoms with Crippen LogP contribution in [0.5, 0.6) is 5.75 Å². The molecule has 0 aromatic heterocycles. The van der Waals surface area contributed by atoms with E-state index in [1.807, 2.05) is 0 Å². The lowest BCUT2D eigenvalue weighted by atomic mass is 10.0. The van der Waals surface area contributed by atoms with E-state index in [1.54, 1.807) is 14.0 Å². The molecule has 16 heavy (non-hydrogen) atoms. The Morgan fingerprint density at radius 2 is 1.88 bits per heavy atom. The highest BCUT2D eigenvalue weighted by molar-refractivity contribution is 5.75. The zero-order chi connectivity index (χ0) is 12.1. The fourth-order valence-corrected chi connectivity index (χ4v) is 1.76. The van der Waals surface area contributed by atoms with Crippen LogP contribution in [0.2, 0.25) is 0 Å². The first-order chi connectivity index (χ1) is 7.54. The van der Waals surface area contributed by atoms with Gasteiger partial charge in [0, 0.05) is 6.42 Å². The number of aryl methyl sites for hydroxylation is 3. The van der Waals surface area contributed by atoms with Crippen molar-refractivity contribution in [1.29, 1.82) is 0 Å². The average molecular weight is 220 g/mol. The third kappa shape index (κ3) is 3.37. The van der Waals surface area contributed by atoms with E-state index in [1.165, 1.54) is 16.7 Å². The van der Waals surface area contributed by atoms with Crippen LogP contribution >= 0.6 is 0 Å². The van der Waals surface area contributed by atoms with Crippen LogP contribution in [0, 0.1) is 13.8 Å². The third-order valence-corrected chi connectivity index (χ3v) is 2.87. The van der Waals surface area contributed by atoms with Gasteiger partial charge in [-0.15, -0.1) is 0 Å². The lowest BCUT2D eigenvalue weighted by Gasteiger charge is -2.11. The molecule has 0 radical (unpaired) electrons. The average Bonchev–Trinajstić information content (AvgIpc) is 2.22. The lowest BCUT2D eigenvalue weighted by Crippen LogP contribution is -1.97. The minimum absolute atomic E-state index is 0.253. The highest BCUT2D eigenvalue weighted by Crippen LogP contribution is 2.24. The molecule has 0 saturated heterocycles. The number of hydrogen-bond donors (Lipinski definition) is 0. The van der Waals surface area contributed by atoms with E-state index in [0.29, 0.717) is 6.42 Å². The van der Waals surface area contributed by atoms with Gasteiger partial charge >= 0.3 is 0 Å². The molecule has 0 fully saturated rings. The summed E-state index contributed by atoms with van der Waals surface area (Å²) in [7, 11) is 1.69. The fourth-order valence-electron chi connectivity index (χ4n) is 1.76. The van der Waals surface area contributed by atoms with E-state index in [2.05, 4.69) is 26.0 Å². The van der Waals surface area contributed by atoms with Crippen LogP contribution in [0.15, 0.2) is 12.1 Å². The minimum Gasteiger partial charge on any atom is -0.496 e. The smallest absolute Gasteiger partial charge is 0.129 e. The van der Waals surface area contributed by atoms with Crippen LogP contribution in [0.25, 0.3) is 0 Å². The van der Waals surface area contributed by atoms with Gasteiger partial charge < -0.3 is 9.53 Å². The zero-order valence-electron chi connectivity index (χ0n) is 10.6. The number of benzene rings is 1. The van der Waals surface area contributed by atoms with Gasteiger partial charge in [-0.25, -0.2) is 0 Å². The number of hydrogen-bond acceptors (Lipinski definition) is 2. The lowest BCUT2D eigenvalue weighted by molar-refractivity contribution is -0.117. The van der Waals surface area contributed by atoms with E-state index < -0.39 is 0 Å². The molecule has 0 spiro atoms. The molecule has 0 atom stereocenters. The molecule has 0 N–H and O–H groups in total. The largest absolute Gasteiger partial charge is 0.496 e. The number of carbonyl (C=O) groups excluding carboxylic acids is 1. The quantitative estimate of drug-likeness (QED) is 0.761. The maximum atomic E-state index is 10.9. The second-order valence-corrected chi connectivity index (χ2v) is 4.30. The van der Waals surface area contributed by atoms with E-state index in [0.717, 1.165) is 18.6 Å². The van der Waals surface area contributed by atoms with Gasteiger partial charge in [-0.05, 0) is 56.4 Å². The fraction of sp³-hybridized carbons (Fsp3) is 0.500. The number of rotatable bonds is 5. The molecule has 2 heteroatoms. The second kappa shape index (κ2) is 5.69. The Labute approximate surface area is 97.6 Å². The van der Waals surface area contributed by atoms with Gasteiger partial charge in [0.25, 0.3) is 0 Å². The number of carbonyl (C=O) groups is 1. The zero-order valence-corrected chi connectivity index (χ0v) is 10.6. The van der Waals surface area contributed by atoms with Crippen LogP contribution in [0.3, 0.4) is 0 Å². The predicted molar refractivity (Wildman–Crippen MR) is 66.1 cm³/mol. The molecule has 0 amide bonds. The van der Waals surface area contributed by atoms with Crippen molar-refractivity contribution in [3.63, 3.8) is 0 Å². The Morgan fingerprint density at radius 1 is 1.25 bits per heavy atom. The molecule has 1 rings (SSSR count). The van der Waals surface area contributed by atoms with Crippen molar-refractivity contribution in [2.75, 3.05) is 7.11 Å². The summed E-state index contributed by atoms with van der Waals surface area (Å²) in [6.07, 6.45) is 2.45. The number of ketones is 1. The molecule has 0 unspecified atom stereocenters. The Bertz CT molecular complexity index is 381. The molecular weight excluding hydrogens is 200 g/mol. The van der Waals surface area contributed by atoms with Gasteiger partial charge in [0.15, 0.2) is 0 Å². The van der Waals surface area contributed by atoms with Gasteiger partial charge in [-0.1, -0.05) is 6.07 Å². The summed E-state index contributed by atoms with van der Waals surface area (Å²) in [6.45, 7) is 5.82. The van der Waals surface area contributed by atoms with Crippen molar-refractivity contribution < 1.29 is 9.53 Å². The van der Waals surface area contributed by atoms with Crippen molar-refractivity contribution in [3.8, 4) is 5.75 Å². The van der Waals surface area contributed by atoms with Gasteiger partial charge in [0.1, 0.15) is 11.5 Å². The van der Waals surface area contributed by atoms with E-state index in [4.69, 9.17) is 4.74 Å². The molecule has 2 nitrogen and oxygen atoms in total. The van der Waals surface area contributed by atoms with Crippen LogP contribution in [-0.4, -0.2) is 12.9 Å². The Kier molecular flexibility index (Phi) is 4.53. The summed E-state index contributed by atoms with van der Waals surface area (Å²) in [5.41, 5.74) is 3.72. The van der Waals surface area contributed by atoms with E-state index in [9.17, 15) is 4.79 Å². The van der Waals surface area contributed by atoms with Crippen molar-refractivity contribution in [1.82, 2.24) is 0 Å². The summed E-state index contributed by atoms with van der Waals surface area (Å²) >= 11 is 0. The summed E-state index contributed by atoms with van der Waals surface area (Å²) in [5, 5.41) is 0. The highest BCUT2D eigenvalue weighted by atomic mass is 16.5. The van der Waals surface area contributed by atoms with E-state index in [-0.39, 0.29) is 5.78 Å². The van der Waals surface area contributed by atoms with Crippen molar-refractivity contribution in [2.45, 2.75) is 40.0 Å². The highest BCUT2D eigenvalue weighted by Gasteiger charge is 2.06. The van der Waals surface area contributed by atoms with Gasteiger partial charge in [0.05, 0.1) is 7.11 Å². The SMILES string of the molecule is COc1cc(C)c(C)cc1CCCC(C)=O. The monoisotopic (exact) mass is 220 g/mol. The predicted octanol–water partition coefficient (Wildman–Crippen LogP) is 3.22. The second-order valence-electron chi connectivity index (χ2n) is 4.30. The Morgan fingerprint density at radius 3 is 2.44 bits per heavy atom. The molecule has 0 heterocycles. The van der Waals surface area contributed by atoms with Gasteiger partial charge in [-0.3, -0.25) is 0 Å². The molecule has 0 saturated carbocycles. The molecule has 0 aliphatic rings. The third-order valence-electron chi connectivity index (χ3n) is 2.87. The molecular formula is C14H20O2. The molecule has 88 valence electrons. The van der Waals surface area contributed by atoms with Crippen molar-refractivity contribution >= 4 is 5.78 Å². The summed E-state index contributed by atoms with van der Waals surface area (Å²) in [6, 6.07) is 4.23. The van der Waals surface area contributed by atoms with Gasteiger partial charge in [-0.2, -0.15) is 0 Å². The van der Waals surface area contributed by atoms with Crippen molar-refractivity contribution in [2.24, 2.45) is 0 Å². The van der Waals surface area contributed by atoms with Gasteiger partial charge in [0.2, 0.25) is 0 Å². The number of Topliss-reactive ketones (excluding diaryl/α,β-unsaturated/α-hetero) is 1. The van der Waals surface area contributed by atoms with Crippen LogP contribution < -0.4 is 4.74 Å². The minimum atomic E-state index is 0.253. The molecule has 1 aromatic carbocycles. The van der Waals surface area contributed by atoms with Crippen LogP contribution in [0.4, 0.5) is 0 Å². The first kappa shape index (κ1) is 12.8. The molecule has 0 bridgehead atoms. The first-order valence-corrected chi connectivity index (χ1v) is 5.68. The Hall–Kier alpha value is -1.31. The normalized spacial score (nSPS) is 10.2. The number of methoxy groups -OCH3 is 1. The topological polar surface area (TPSA) is 26.3 Å². The molecule has 1 aromatic rings. The van der Waals surface area contributed by atoms with Crippen LogP contribution in [0.1, 0.15) is 36.5 Å². The molecule has 0 aliphatic carbocycles. The first-order valence-electron chi connectivity index (χ1n) is 5.68. The molecule has 0 aliphatic heterocycles. The maximum Gasteiger partial charge on any atom is 0.129 e. The van der Waals surface area contributed by atoms with Crippen LogP contribution in [-0.2, 0) is 11.2 Å². The maximum absolute atomic E-state index is 10.9. The van der Waals surface area contributed by atoms with Crippen molar-refractivity contribution in [3.05, 3.63) is 28.8 Å². The summed E-state index contributed by atoms with van der Waals surface area (Å²) < 4.78 is 5.35. The van der Waals surface area contributed by atoms with E-state index >= 15 is 0 Å². The number of ether oxygens (including phenoxy) is 1. The summed E-state index contributed by atoms with van der Waals surface area (Å²) in [4.78, 5) is 10.9. The standard InChI is InChI=1S/C14H20O2/c1-10-8-13(7-5-6-12(3)15)14(16-4)9-11(10)2/h8-9H,5-7H2,1-4H3.